The van der Waals surface area contributed by atoms with Crippen molar-refractivity contribution < 1.29 is 9.22 Å². The van der Waals surface area contributed by atoms with Crippen LogP contribution < -0.4 is 0 Å². The molecule has 0 aliphatic carbocycles. The number of carbonyl (C=O) groups is 1. The van der Waals surface area contributed by atoms with Crippen LogP contribution in [-0.2, 0) is 9.22 Å². The van der Waals surface area contributed by atoms with Crippen molar-refractivity contribution >= 4 is 14.3 Å². The molecule has 0 amide bonds. The first-order valence-electron chi connectivity index (χ1n) is 5.14. The Kier molecular flexibility index (Phi) is 4.58. The fraction of sp³-hybridized carbons (Fsp3) is 0.727. The topological polar surface area (TPSA) is 29.5 Å². The predicted molar refractivity (Wildman–Crippen MR) is 66.1 cm³/mol. The van der Waals surface area contributed by atoms with Gasteiger partial charge in [-0.15, -0.1) is 0 Å². The third-order valence-corrected chi connectivity index (χ3v) is 6.99. The van der Waals surface area contributed by atoms with Gasteiger partial charge in [0, 0.05) is 26.4 Å². The summed E-state index contributed by atoms with van der Waals surface area (Å²) in [5, 5.41) is 0.0641. The average molecular weight is 229 g/mol. The van der Waals surface area contributed by atoms with Crippen LogP contribution in [0.15, 0.2) is 12.3 Å². The average Bonchev–Trinajstić information content (AvgIpc) is 1.97. The van der Waals surface area contributed by atoms with Crippen molar-refractivity contribution in [3.8, 4) is 0 Å². The largest absolute Gasteiger partial charge is 0.516 e. The van der Waals surface area contributed by atoms with Crippen LogP contribution in [0.4, 0.5) is 0 Å². The van der Waals surface area contributed by atoms with Gasteiger partial charge in [0.2, 0.25) is 0 Å². The highest BCUT2D eigenvalue weighted by molar-refractivity contribution is 6.75. The number of hydrogen-bond acceptors (Lipinski definition) is 3. The lowest BCUT2D eigenvalue weighted by atomic mass is 10.2. The maximum Gasteiger partial charge on any atom is 0.318 e. The molecular weight excluding hydrogens is 206 g/mol. The Hall–Kier alpha value is -0.773. The Bertz CT molecular complexity index is 252. The quantitative estimate of drug-likeness (QED) is 0.550. The molecule has 4 heteroatoms. The van der Waals surface area contributed by atoms with Crippen molar-refractivity contribution in [1.82, 2.24) is 4.90 Å². The molecule has 0 fully saturated rings. The van der Waals surface area contributed by atoms with Gasteiger partial charge in [-0.25, -0.2) is 4.79 Å². The second kappa shape index (κ2) is 4.83. The zero-order valence-electron chi connectivity index (χ0n) is 10.9. The molecule has 15 heavy (non-hydrogen) atoms. The highest BCUT2D eigenvalue weighted by Crippen LogP contribution is 2.36. The fourth-order valence-electron chi connectivity index (χ4n) is 0.649. The normalized spacial score (nSPS) is 13.0. The molecule has 0 saturated heterocycles. The zero-order valence-corrected chi connectivity index (χ0v) is 11.9. The Balaban J connectivity index is 4.42. The van der Waals surface area contributed by atoms with Gasteiger partial charge in [0.15, 0.2) is 0 Å². The van der Waals surface area contributed by atoms with Gasteiger partial charge in [-0.2, -0.15) is 0 Å². The Morgan fingerprint density at radius 1 is 1.27 bits per heavy atom. The van der Waals surface area contributed by atoms with E-state index in [0.717, 1.165) is 0 Å². The molecule has 0 aliphatic heterocycles. The standard InChI is InChI=1S/C11H23NO2Si/c1-11(2,3)15(6,7)14-10(13)8-9-12(4)5/h8-9H,1-7H3/b9-8+. The van der Waals surface area contributed by atoms with E-state index < -0.39 is 8.32 Å². The van der Waals surface area contributed by atoms with Crippen LogP contribution in [-0.4, -0.2) is 33.3 Å². The van der Waals surface area contributed by atoms with Crippen LogP contribution in [0.5, 0.6) is 0 Å². The highest BCUT2D eigenvalue weighted by atomic mass is 28.4. The number of rotatable bonds is 3. The van der Waals surface area contributed by atoms with E-state index in [1.54, 1.807) is 6.20 Å². The lowest BCUT2D eigenvalue weighted by Crippen LogP contribution is -2.42. The highest BCUT2D eigenvalue weighted by Gasteiger charge is 2.39. The van der Waals surface area contributed by atoms with E-state index in [1.807, 2.05) is 19.0 Å². The molecule has 0 aromatic heterocycles. The zero-order chi connectivity index (χ0) is 12.3. The lowest BCUT2D eigenvalue weighted by Gasteiger charge is -2.35. The molecule has 0 spiro atoms. The summed E-state index contributed by atoms with van der Waals surface area (Å²) in [6.45, 7) is 10.5. The molecule has 0 heterocycles. The third-order valence-electron chi connectivity index (χ3n) is 2.67. The summed E-state index contributed by atoms with van der Waals surface area (Å²) in [6.07, 6.45) is 3.18. The molecule has 0 N–H and O–H groups in total. The van der Waals surface area contributed by atoms with Gasteiger partial charge in [0.05, 0.1) is 0 Å². The van der Waals surface area contributed by atoms with Gasteiger partial charge in [-0.3, -0.25) is 0 Å². The molecule has 0 aromatic rings. The van der Waals surface area contributed by atoms with Gasteiger partial charge >= 0.3 is 5.97 Å². The van der Waals surface area contributed by atoms with Crippen LogP contribution in [0.2, 0.25) is 18.1 Å². The van der Waals surface area contributed by atoms with Gasteiger partial charge in [0.1, 0.15) is 0 Å². The maximum atomic E-state index is 11.5. The minimum absolute atomic E-state index is 0.0641. The summed E-state index contributed by atoms with van der Waals surface area (Å²) in [5.74, 6) is -0.240. The van der Waals surface area contributed by atoms with Gasteiger partial charge in [0.25, 0.3) is 8.32 Å². The summed E-state index contributed by atoms with van der Waals surface area (Å²) in [6, 6.07) is 0. The van der Waals surface area contributed by atoms with Crippen LogP contribution in [0, 0.1) is 0 Å². The van der Waals surface area contributed by atoms with E-state index in [-0.39, 0.29) is 11.0 Å². The number of carbonyl (C=O) groups excluding carboxylic acids is 1. The molecule has 0 aromatic carbocycles. The van der Waals surface area contributed by atoms with Crippen molar-refractivity contribution in [2.24, 2.45) is 0 Å². The molecule has 3 nitrogen and oxygen atoms in total. The second-order valence-electron chi connectivity index (χ2n) is 5.46. The first-order valence-corrected chi connectivity index (χ1v) is 8.05. The molecule has 0 saturated carbocycles. The first kappa shape index (κ1) is 14.2. The molecule has 0 rings (SSSR count). The smallest absolute Gasteiger partial charge is 0.318 e. The van der Waals surface area contributed by atoms with E-state index in [2.05, 4.69) is 33.9 Å². The minimum atomic E-state index is -1.96. The molecular formula is C11H23NO2Si. The van der Waals surface area contributed by atoms with Crippen molar-refractivity contribution in [2.45, 2.75) is 38.9 Å². The molecule has 0 atom stereocenters. The summed E-state index contributed by atoms with van der Waals surface area (Å²) in [5.41, 5.74) is 0. The summed E-state index contributed by atoms with van der Waals surface area (Å²) >= 11 is 0. The van der Waals surface area contributed by atoms with Crippen LogP contribution in [0.3, 0.4) is 0 Å². The molecule has 0 unspecified atom stereocenters. The number of hydrogen-bond donors (Lipinski definition) is 0. The predicted octanol–water partition coefficient (Wildman–Crippen LogP) is 2.61. The maximum absolute atomic E-state index is 11.5. The van der Waals surface area contributed by atoms with Crippen molar-refractivity contribution in [3.63, 3.8) is 0 Å². The minimum Gasteiger partial charge on any atom is -0.516 e. The Morgan fingerprint density at radius 2 is 1.73 bits per heavy atom. The lowest BCUT2D eigenvalue weighted by molar-refractivity contribution is -0.130. The summed E-state index contributed by atoms with van der Waals surface area (Å²) in [4.78, 5) is 13.3. The van der Waals surface area contributed by atoms with Crippen LogP contribution in [0.1, 0.15) is 20.8 Å². The Labute approximate surface area is 94.2 Å². The van der Waals surface area contributed by atoms with Crippen LogP contribution >= 0.6 is 0 Å². The monoisotopic (exact) mass is 229 g/mol. The molecule has 0 radical (unpaired) electrons. The van der Waals surface area contributed by atoms with E-state index >= 15 is 0 Å². The first-order chi connectivity index (χ1) is 6.56. The SMILES string of the molecule is CN(C)/C=C/C(=O)O[Si](C)(C)C(C)(C)C. The molecule has 88 valence electrons. The van der Waals surface area contributed by atoms with E-state index in [9.17, 15) is 4.79 Å². The van der Waals surface area contributed by atoms with E-state index in [0.29, 0.717) is 0 Å². The fourth-order valence-corrected chi connectivity index (χ4v) is 1.53. The summed E-state index contributed by atoms with van der Waals surface area (Å²) < 4.78 is 5.54. The van der Waals surface area contributed by atoms with Crippen molar-refractivity contribution in [3.05, 3.63) is 12.3 Å². The van der Waals surface area contributed by atoms with Crippen molar-refractivity contribution in [2.75, 3.05) is 14.1 Å². The van der Waals surface area contributed by atoms with E-state index in [4.69, 9.17) is 4.43 Å². The molecule has 0 bridgehead atoms. The number of nitrogens with zero attached hydrogens (tertiary/aromatic N) is 1. The Morgan fingerprint density at radius 3 is 2.07 bits per heavy atom. The summed E-state index contributed by atoms with van der Waals surface area (Å²) in [7, 11) is 1.78. The third kappa shape index (κ3) is 5.02. The van der Waals surface area contributed by atoms with Gasteiger partial charge < -0.3 is 9.33 Å². The van der Waals surface area contributed by atoms with Gasteiger partial charge in [-0.05, 0) is 18.1 Å². The van der Waals surface area contributed by atoms with Crippen molar-refractivity contribution in [1.29, 1.82) is 0 Å². The van der Waals surface area contributed by atoms with Gasteiger partial charge in [-0.1, -0.05) is 20.8 Å². The molecule has 0 aliphatic rings. The van der Waals surface area contributed by atoms with Crippen LogP contribution in [0.25, 0.3) is 0 Å². The second-order valence-corrected chi connectivity index (χ2v) is 10.2. The van der Waals surface area contributed by atoms with E-state index in [1.165, 1.54) is 6.08 Å².